The minimum atomic E-state index is -0.487. The standard InChI is InChI=1S/C17H18ClFN4O2/c1-11-8-16(23-4-6-25-7-5-23)22-15(21-11)10-20-17(24)13-3-2-12(19)9-14(13)18/h2-3,8-9H,4-7,10H2,1H3,(H,20,24). The quantitative estimate of drug-likeness (QED) is 0.902. The molecule has 0 bridgehead atoms. The topological polar surface area (TPSA) is 67.3 Å². The van der Waals surface area contributed by atoms with Crippen molar-refractivity contribution >= 4 is 23.3 Å². The maximum atomic E-state index is 13.1. The molecular weight excluding hydrogens is 347 g/mol. The van der Waals surface area contributed by atoms with E-state index in [1.807, 2.05) is 13.0 Å². The lowest BCUT2D eigenvalue weighted by molar-refractivity contribution is 0.0950. The number of hydrogen-bond donors (Lipinski definition) is 1. The van der Waals surface area contributed by atoms with Crippen molar-refractivity contribution in [1.29, 1.82) is 0 Å². The first kappa shape index (κ1) is 17.6. The molecule has 132 valence electrons. The maximum Gasteiger partial charge on any atom is 0.253 e. The Morgan fingerprint density at radius 3 is 2.80 bits per heavy atom. The second-order valence-corrected chi connectivity index (χ2v) is 6.10. The van der Waals surface area contributed by atoms with Crippen molar-refractivity contribution in [3.05, 3.63) is 52.2 Å². The van der Waals surface area contributed by atoms with Crippen LogP contribution in [-0.4, -0.2) is 42.2 Å². The molecule has 1 aliphatic rings. The molecule has 0 radical (unpaired) electrons. The van der Waals surface area contributed by atoms with Crippen molar-refractivity contribution in [3.8, 4) is 0 Å². The molecule has 0 spiro atoms. The molecule has 8 heteroatoms. The van der Waals surface area contributed by atoms with E-state index in [-0.39, 0.29) is 17.1 Å². The molecule has 0 atom stereocenters. The van der Waals surface area contributed by atoms with Gasteiger partial charge in [-0.05, 0) is 25.1 Å². The van der Waals surface area contributed by atoms with Gasteiger partial charge in [0.2, 0.25) is 0 Å². The fourth-order valence-electron chi connectivity index (χ4n) is 2.57. The highest BCUT2D eigenvalue weighted by Crippen LogP contribution is 2.17. The van der Waals surface area contributed by atoms with Crippen LogP contribution in [0.1, 0.15) is 21.9 Å². The predicted octanol–water partition coefficient (Wildman–Crippen LogP) is 2.34. The molecule has 2 heterocycles. The molecule has 0 saturated carbocycles. The number of halogens is 2. The van der Waals surface area contributed by atoms with Crippen molar-refractivity contribution in [1.82, 2.24) is 15.3 Å². The summed E-state index contributed by atoms with van der Waals surface area (Å²) in [5.74, 6) is 0.440. The van der Waals surface area contributed by atoms with E-state index in [0.717, 1.165) is 30.7 Å². The van der Waals surface area contributed by atoms with Gasteiger partial charge < -0.3 is 15.0 Å². The Hall–Kier alpha value is -2.25. The van der Waals surface area contributed by atoms with Gasteiger partial charge in [0.1, 0.15) is 17.5 Å². The molecule has 1 amide bonds. The summed E-state index contributed by atoms with van der Waals surface area (Å²) in [7, 11) is 0. The SMILES string of the molecule is Cc1cc(N2CCOCC2)nc(CNC(=O)c2ccc(F)cc2Cl)n1. The molecule has 1 saturated heterocycles. The van der Waals surface area contributed by atoms with Gasteiger partial charge in [-0.3, -0.25) is 4.79 Å². The molecule has 1 aromatic carbocycles. The monoisotopic (exact) mass is 364 g/mol. The van der Waals surface area contributed by atoms with Gasteiger partial charge >= 0.3 is 0 Å². The van der Waals surface area contributed by atoms with E-state index in [4.69, 9.17) is 16.3 Å². The molecule has 1 aliphatic heterocycles. The fraction of sp³-hybridized carbons (Fsp3) is 0.353. The number of hydrogen-bond acceptors (Lipinski definition) is 5. The molecule has 6 nitrogen and oxygen atoms in total. The second kappa shape index (κ2) is 7.76. The summed E-state index contributed by atoms with van der Waals surface area (Å²) in [4.78, 5) is 23.2. The van der Waals surface area contributed by atoms with Gasteiger partial charge in [0.15, 0.2) is 0 Å². The second-order valence-electron chi connectivity index (χ2n) is 5.69. The van der Waals surface area contributed by atoms with Crippen LogP contribution < -0.4 is 10.2 Å². The number of carbonyl (C=O) groups excluding carboxylic acids is 1. The minimum absolute atomic E-state index is 0.0664. The van der Waals surface area contributed by atoms with Crippen LogP contribution in [0.4, 0.5) is 10.2 Å². The van der Waals surface area contributed by atoms with Crippen LogP contribution >= 0.6 is 11.6 Å². The predicted molar refractivity (Wildman–Crippen MR) is 92.4 cm³/mol. The maximum absolute atomic E-state index is 13.1. The molecule has 2 aromatic rings. The van der Waals surface area contributed by atoms with Crippen molar-refractivity contribution < 1.29 is 13.9 Å². The van der Waals surface area contributed by atoms with Crippen LogP contribution in [0, 0.1) is 12.7 Å². The smallest absolute Gasteiger partial charge is 0.253 e. The van der Waals surface area contributed by atoms with Crippen LogP contribution in [0.25, 0.3) is 0 Å². The van der Waals surface area contributed by atoms with E-state index in [9.17, 15) is 9.18 Å². The molecule has 3 rings (SSSR count). The van der Waals surface area contributed by atoms with Gasteiger partial charge in [-0.25, -0.2) is 14.4 Å². The van der Waals surface area contributed by atoms with Crippen molar-refractivity contribution in [2.24, 2.45) is 0 Å². The lowest BCUT2D eigenvalue weighted by Gasteiger charge is -2.28. The van der Waals surface area contributed by atoms with Crippen molar-refractivity contribution in [2.75, 3.05) is 31.2 Å². The minimum Gasteiger partial charge on any atom is -0.378 e. The zero-order chi connectivity index (χ0) is 17.8. The Bertz CT molecular complexity index is 781. The summed E-state index contributed by atoms with van der Waals surface area (Å²) in [6.07, 6.45) is 0. The summed E-state index contributed by atoms with van der Waals surface area (Å²) in [5, 5.41) is 2.79. The van der Waals surface area contributed by atoms with E-state index in [1.165, 1.54) is 12.1 Å². The van der Waals surface area contributed by atoms with Crippen LogP contribution in [0.15, 0.2) is 24.3 Å². The van der Waals surface area contributed by atoms with Gasteiger partial charge in [0, 0.05) is 24.8 Å². The van der Waals surface area contributed by atoms with E-state index < -0.39 is 11.7 Å². The van der Waals surface area contributed by atoms with Crippen molar-refractivity contribution in [3.63, 3.8) is 0 Å². The largest absolute Gasteiger partial charge is 0.378 e. The average molecular weight is 365 g/mol. The number of carbonyl (C=O) groups is 1. The average Bonchev–Trinajstić information content (AvgIpc) is 2.60. The Morgan fingerprint density at radius 1 is 1.32 bits per heavy atom. The number of anilines is 1. The number of nitrogens with one attached hydrogen (secondary N) is 1. The number of aromatic nitrogens is 2. The zero-order valence-corrected chi connectivity index (χ0v) is 14.5. The van der Waals surface area contributed by atoms with E-state index in [0.29, 0.717) is 19.0 Å². The van der Waals surface area contributed by atoms with Gasteiger partial charge in [-0.2, -0.15) is 0 Å². The summed E-state index contributed by atoms with van der Waals surface area (Å²) in [5.41, 5.74) is 1.03. The van der Waals surface area contributed by atoms with Gasteiger partial charge in [-0.1, -0.05) is 11.6 Å². The van der Waals surface area contributed by atoms with E-state index in [2.05, 4.69) is 20.2 Å². The Balaban J connectivity index is 1.70. The zero-order valence-electron chi connectivity index (χ0n) is 13.8. The Kier molecular flexibility index (Phi) is 5.45. The van der Waals surface area contributed by atoms with Gasteiger partial charge in [0.05, 0.1) is 30.3 Å². The molecule has 25 heavy (non-hydrogen) atoms. The van der Waals surface area contributed by atoms with Gasteiger partial charge in [-0.15, -0.1) is 0 Å². The fourth-order valence-corrected chi connectivity index (χ4v) is 2.83. The highest BCUT2D eigenvalue weighted by molar-refractivity contribution is 6.33. The van der Waals surface area contributed by atoms with Crippen LogP contribution in [0.3, 0.4) is 0 Å². The summed E-state index contributed by atoms with van der Waals surface area (Å²) in [6.45, 7) is 4.91. The van der Waals surface area contributed by atoms with Crippen LogP contribution in [-0.2, 0) is 11.3 Å². The van der Waals surface area contributed by atoms with Crippen molar-refractivity contribution in [2.45, 2.75) is 13.5 Å². The number of amides is 1. The van der Waals surface area contributed by atoms with Gasteiger partial charge in [0.25, 0.3) is 5.91 Å². The molecule has 1 aromatic heterocycles. The summed E-state index contributed by atoms with van der Waals surface area (Å²) < 4.78 is 18.4. The number of rotatable bonds is 4. The number of nitrogens with zero attached hydrogens (tertiary/aromatic N) is 3. The molecule has 0 aliphatic carbocycles. The van der Waals surface area contributed by atoms with Crippen LogP contribution in [0.2, 0.25) is 5.02 Å². The molecule has 0 unspecified atom stereocenters. The molecular formula is C17H18ClFN4O2. The summed E-state index contributed by atoms with van der Waals surface area (Å²) >= 11 is 5.91. The number of morpholine rings is 1. The van der Waals surface area contributed by atoms with Crippen LogP contribution in [0.5, 0.6) is 0 Å². The third-order valence-electron chi connectivity index (χ3n) is 3.80. The van der Waals surface area contributed by atoms with E-state index in [1.54, 1.807) is 0 Å². The Labute approximate surface area is 150 Å². The first-order valence-electron chi connectivity index (χ1n) is 7.93. The normalized spacial score (nSPS) is 14.4. The highest BCUT2D eigenvalue weighted by atomic mass is 35.5. The van der Waals surface area contributed by atoms with E-state index >= 15 is 0 Å². The Morgan fingerprint density at radius 2 is 2.08 bits per heavy atom. The summed E-state index contributed by atoms with van der Waals surface area (Å²) in [6, 6.07) is 5.56. The molecule has 1 N–H and O–H groups in total. The third kappa shape index (κ3) is 4.43. The lowest BCUT2D eigenvalue weighted by Crippen LogP contribution is -2.37. The first-order chi connectivity index (χ1) is 12.0. The molecule has 1 fully saturated rings. The lowest BCUT2D eigenvalue weighted by atomic mass is 10.2. The number of aryl methyl sites for hydroxylation is 1. The third-order valence-corrected chi connectivity index (χ3v) is 4.12. The number of benzene rings is 1. The highest BCUT2D eigenvalue weighted by Gasteiger charge is 2.15. The number of ether oxygens (including phenoxy) is 1. The first-order valence-corrected chi connectivity index (χ1v) is 8.31.